The number of anilines is 1. The Bertz CT molecular complexity index is 490. The van der Waals surface area contributed by atoms with Crippen LogP contribution < -0.4 is 5.32 Å². The number of aromatic nitrogens is 1. The molecule has 1 N–H and O–H groups in total. The zero-order valence-electron chi connectivity index (χ0n) is 10.8. The molecule has 1 heterocycles. The first-order valence-electron chi connectivity index (χ1n) is 6.36. The van der Waals surface area contributed by atoms with Crippen LogP contribution in [-0.4, -0.2) is 11.0 Å². The molecular weight excluding hydrogens is 228 g/mol. The lowest BCUT2D eigenvalue weighted by atomic mass is 10.1. The molecule has 17 heavy (non-hydrogen) atoms. The number of nitrogens with zero attached hydrogens (tertiary/aromatic N) is 1. The van der Waals surface area contributed by atoms with Gasteiger partial charge in [0.1, 0.15) is 0 Å². The Kier molecular flexibility index (Phi) is 4.00. The minimum absolute atomic E-state index is 0.557. The zero-order chi connectivity index (χ0) is 12.3. The van der Waals surface area contributed by atoms with Gasteiger partial charge in [-0.05, 0) is 37.5 Å². The molecule has 0 fully saturated rings. The number of aryl methyl sites for hydroxylation is 1. The van der Waals surface area contributed by atoms with Gasteiger partial charge in [0.15, 0.2) is 5.13 Å². The molecule has 1 aromatic carbocycles. The van der Waals surface area contributed by atoms with E-state index in [1.807, 2.05) is 0 Å². The first kappa shape index (κ1) is 12.4. The van der Waals surface area contributed by atoms with E-state index < -0.39 is 0 Å². The van der Waals surface area contributed by atoms with Crippen molar-refractivity contribution in [2.75, 3.05) is 5.32 Å². The molecule has 1 aromatic heterocycles. The molecule has 1 atom stereocenters. The average molecular weight is 248 g/mol. The van der Waals surface area contributed by atoms with Crippen LogP contribution in [0.25, 0.3) is 10.2 Å². The minimum atomic E-state index is 0.557. The number of nitrogens with one attached hydrogen (secondary N) is 1. The largest absolute Gasteiger partial charge is 0.359 e. The van der Waals surface area contributed by atoms with Crippen molar-refractivity contribution in [1.29, 1.82) is 0 Å². The third-order valence-electron chi connectivity index (χ3n) is 3.00. The number of rotatable bonds is 5. The molecule has 0 radical (unpaired) electrons. The summed E-state index contributed by atoms with van der Waals surface area (Å²) in [5.74, 6) is 0. The number of thiazole rings is 1. The fourth-order valence-electron chi connectivity index (χ4n) is 2.00. The molecule has 0 bridgehead atoms. The van der Waals surface area contributed by atoms with Crippen LogP contribution in [0.2, 0.25) is 0 Å². The van der Waals surface area contributed by atoms with Gasteiger partial charge in [-0.3, -0.25) is 0 Å². The summed E-state index contributed by atoms with van der Waals surface area (Å²) in [6, 6.07) is 7.02. The van der Waals surface area contributed by atoms with E-state index >= 15 is 0 Å². The van der Waals surface area contributed by atoms with E-state index in [-0.39, 0.29) is 0 Å². The van der Waals surface area contributed by atoms with Crippen molar-refractivity contribution < 1.29 is 0 Å². The first-order chi connectivity index (χ1) is 8.22. The highest BCUT2D eigenvalue weighted by atomic mass is 32.1. The summed E-state index contributed by atoms with van der Waals surface area (Å²) < 4.78 is 1.27. The lowest BCUT2D eigenvalue weighted by Gasteiger charge is -2.14. The summed E-state index contributed by atoms with van der Waals surface area (Å²) in [5, 5.41) is 4.61. The predicted molar refractivity (Wildman–Crippen MR) is 77.0 cm³/mol. The monoisotopic (exact) mass is 248 g/mol. The molecule has 0 aliphatic carbocycles. The smallest absolute Gasteiger partial charge is 0.184 e. The van der Waals surface area contributed by atoms with E-state index in [0.717, 1.165) is 17.1 Å². The Morgan fingerprint density at radius 3 is 2.88 bits per heavy atom. The van der Waals surface area contributed by atoms with Crippen LogP contribution in [0.15, 0.2) is 18.2 Å². The van der Waals surface area contributed by atoms with Crippen LogP contribution >= 0.6 is 11.3 Å². The summed E-state index contributed by atoms with van der Waals surface area (Å²) in [4.78, 5) is 4.65. The Labute approximate surface area is 107 Å². The second-order valence-electron chi connectivity index (χ2n) is 4.53. The molecule has 2 rings (SSSR count). The van der Waals surface area contributed by atoms with Crippen LogP contribution in [-0.2, 0) is 0 Å². The summed E-state index contributed by atoms with van der Waals surface area (Å²) in [5.41, 5.74) is 2.39. The van der Waals surface area contributed by atoms with E-state index in [2.05, 4.69) is 49.3 Å². The molecule has 3 heteroatoms. The van der Waals surface area contributed by atoms with Gasteiger partial charge in [-0.15, -0.1) is 0 Å². The fourth-order valence-corrected chi connectivity index (χ4v) is 2.92. The van der Waals surface area contributed by atoms with Gasteiger partial charge < -0.3 is 5.32 Å². The molecule has 92 valence electrons. The summed E-state index contributed by atoms with van der Waals surface area (Å²) in [7, 11) is 0. The summed E-state index contributed by atoms with van der Waals surface area (Å²) in [6.07, 6.45) is 3.59. The van der Waals surface area contributed by atoms with E-state index in [1.54, 1.807) is 11.3 Å². The van der Waals surface area contributed by atoms with Gasteiger partial charge in [-0.2, -0.15) is 0 Å². The highest BCUT2D eigenvalue weighted by molar-refractivity contribution is 7.22. The second-order valence-corrected chi connectivity index (χ2v) is 5.56. The average Bonchev–Trinajstić information content (AvgIpc) is 2.69. The van der Waals surface area contributed by atoms with Gasteiger partial charge in [0, 0.05) is 6.04 Å². The van der Waals surface area contributed by atoms with Gasteiger partial charge in [-0.1, -0.05) is 37.7 Å². The van der Waals surface area contributed by atoms with Crippen molar-refractivity contribution in [3.05, 3.63) is 23.8 Å². The third kappa shape index (κ3) is 2.97. The van der Waals surface area contributed by atoms with Gasteiger partial charge in [0.2, 0.25) is 0 Å². The minimum Gasteiger partial charge on any atom is -0.359 e. The molecule has 0 aliphatic rings. The molecule has 1 unspecified atom stereocenters. The lowest BCUT2D eigenvalue weighted by Crippen LogP contribution is -2.17. The quantitative estimate of drug-likeness (QED) is 0.836. The maximum absolute atomic E-state index is 4.65. The van der Waals surface area contributed by atoms with Crippen molar-refractivity contribution in [1.82, 2.24) is 4.98 Å². The topological polar surface area (TPSA) is 24.9 Å². The standard InChI is InChI=1S/C14H20N2S/c1-4-6-11(5-2)15-14-16-12-9-10(3)7-8-13(12)17-14/h7-9,11H,4-6H2,1-3H3,(H,15,16). The lowest BCUT2D eigenvalue weighted by molar-refractivity contribution is 0.622. The highest BCUT2D eigenvalue weighted by Crippen LogP contribution is 2.27. The molecule has 0 aliphatic heterocycles. The zero-order valence-corrected chi connectivity index (χ0v) is 11.6. The third-order valence-corrected chi connectivity index (χ3v) is 3.97. The van der Waals surface area contributed by atoms with Gasteiger partial charge >= 0.3 is 0 Å². The van der Waals surface area contributed by atoms with E-state index in [4.69, 9.17) is 0 Å². The molecule has 2 nitrogen and oxygen atoms in total. The van der Waals surface area contributed by atoms with Gasteiger partial charge in [0.05, 0.1) is 10.2 Å². The number of fused-ring (bicyclic) bond motifs is 1. The number of hydrogen-bond donors (Lipinski definition) is 1. The van der Waals surface area contributed by atoms with Crippen molar-refractivity contribution in [3.63, 3.8) is 0 Å². The molecule has 0 spiro atoms. The van der Waals surface area contributed by atoms with E-state index in [0.29, 0.717) is 6.04 Å². The second kappa shape index (κ2) is 5.50. The SMILES string of the molecule is CCCC(CC)Nc1nc2cc(C)ccc2s1. The molecule has 2 aromatic rings. The molecule has 0 amide bonds. The van der Waals surface area contributed by atoms with Crippen molar-refractivity contribution in [2.24, 2.45) is 0 Å². The van der Waals surface area contributed by atoms with Crippen molar-refractivity contribution in [2.45, 2.75) is 46.1 Å². The highest BCUT2D eigenvalue weighted by Gasteiger charge is 2.08. The van der Waals surface area contributed by atoms with E-state index in [1.165, 1.54) is 23.1 Å². The maximum Gasteiger partial charge on any atom is 0.184 e. The molecule has 0 saturated heterocycles. The Hall–Kier alpha value is -1.09. The molecular formula is C14H20N2S. The van der Waals surface area contributed by atoms with Crippen LogP contribution in [0.1, 0.15) is 38.7 Å². The number of benzene rings is 1. The summed E-state index contributed by atoms with van der Waals surface area (Å²) >= 11 is 1.75. The van der Waals surface area contributed by atoms with Gasteiger partial charge in [0.25, 0.3) is 0 Å². The van der Waals surface area contributed by atoms with Crippen LogP contribution in [0.3, 0.4) is 0 Å². The first-order valence-corrected chi connectivity index (χ1v) is 7.18. The fraction of sp³-hybridized carbons (Fsp3) is 0.500. The van der Waals surface area contributed by atoms with Crippen LogP contribution in [0, 0.1) is 6.92 Å². The molecule has 0 saturated carbocycles. The maximum atomic E-state index is 4.65. The van der Waals surface area contributed by atoms with Crippen molar-refractivity contribution in [3.8, 4) is 0 Å². The Morgan fingerprint density at radius 2 is 2.18 bits per heavy atom. The summed E-state index contributed by atoms with van der Waals surface area (Å²) in [6.45, 7) is 6.56. The van der Waals surface area contributed by atoms with Gasteiger partial charge in [-0.25, -0.2) is 4.98 Å². The predicted octanol–water partition coefficient (Wildman–Crippen LogP) is 4.60. The number of hydrogen-bond acceptors (Lipinski definition) is 3. The van der Waals surface area contributed by atoms with Crippen molar-refractivity contribution >= 4 is 26.7 Å². The van der Waals surface area contributed by atoms with E-state index in [9.17, 15) is 0 Å². The normalized spacial score (nSPS) is 12.9. The Balaban J connectivity index is 2.18. The Morgan fingerprint density at radius 1 is 1.35 bits per heavy atom. The van der Waals surface area contributed by atoms with Crippen LogP contribution in [0.5, 0.6) is 0 Å². The van der Waals surface area contributed by atoms with Crippen LogP contribution in [0.4, 0.5) is 5.13 Å².